The summed E-state index contributed by atoms with van der Waals surface area (Å²) in [5.74, 6) is 0. The van der Waals surface area contributed by atoms with Gasteiger partial charge in [-0.25, -0.2) is 0 Å². The number of fused-ring (bicyclic) bond motifs is 2. The van der Waals surface area contributed by atoms with Crippen molar-refractivity contribution < 1.29 is 4.74 Å². The normalized spacial score (nSPS) is 11.0. The van der Waals surface area contributed by atoms with Crippen molar-refractivity contribution in [1.29, 1.82) is 0 Å². The summed E-state index contributed by atoms with van der Waals surface area (Å²) in [7, 11) is 1.73. The number of nitrogens with one attached hydrogen (secondary N) is 1. The molecule has 3 nitrogen and oxygen atoms in total. The first-order chi connectivity index (χ1) is 12.5. The number of methoxy groups -OCH3 is 1. The molecule has 0 saturated heterocycles. The summed E-state index contributed by atoms with van der Waals surface area (Å²) in [4.78, 5) is 3.17. The Morgan fingerprint density at radius 3 is 2.38 bits per heavy atom. The second-order valence-corrected chi connectivity index (χ2v) is 8.08. The molecule has 0 fully saturated rings. The van der Waals surface area contributed by atoms with Crippen LogP contribution in [0.15, 0.2) is 57.7 Å². The van der Waals surface area contributed by atoms with Crippen molar-refractivity contribution in [3.05, 3.63) is 68.9 Å². The first-order valence-electron chi connectivity index (χ1n) is 8.47. The van der Waals surface area contributed by atoms with Crippen LogP contribution in [0.3, 0.4) is 0 Å². The molecule has 0 amide bonds. The van der Waals surface area contributed by atoms with Gasteiger partial charge in [-0.15, -0.1) is 0 Å². The van der Waals surface area contributed by atoms with Crippen molar-refractivity contribution >= 4 is 53.7 Å². The molecule has 0 saturated carbocycles. The first-order valence-corrected chi connectivity index (χ1v) is 10.1. The van der Waals surface area contributed by atoms with Crippen molar-refractivity contribution in [3.8, 4) is 0 Å². The van der Waals surface area contributed by atoms with Crippen LogP contribution in [0.2, 0.25) is 0 Å². The van der Waals surface area contributed by atoms with Crippen LogP contribution in [-0.2, 0) is 11.3 Å². The molecule has 0 aliphatic heterocycles. The summed E-state index contributed by atoms with van der Waals surface area (Å²) in [5.41, 5.74) is 4.99. The van der Waals surface area contributed by atoms with E-state index in [0.29, 0.717) is 0 Å². The highest BCUT2D eigenvalue weighted by Crippen LogP contribution is 2.26. The number of halogens is 2. The molecule has 5 heteroatoms. The third-order valence-corrected chi connectivity index (χ3v) is 5.59. The van der Waals surface area contributed by atoms with Gasteiger partial charge in [0.25, 0.3) is 0 Å². The van der Waals surface area contributed by atoms with Gasteiger partial charge < -0.3 is 14.3 Å². The van der Waals surface area contributed by atoms with Crippen molar-refractivity contribution in [3.63, 3.8) is 0 Å². The first kappa shape index (κ1) is 19.2. The number of aromatic amines is 1. The van der Waals surface area contributed by atoms with Crippen molar-refractivity contribution in [2.24, 2.45) is 0 Å². The average molecular weight is 478 g/mol. The van der Waals surface area contributed by atoms with E-state index in [1.54, 1.807) is 7.11 Å². The van der Waals surface area contributed by atoms with E-state index in [0.717, 1.165) is 22.1 Å². The maximum atomic E-state index is 5.09. The molecule has 0 aliphatic rings. The predicted molar refractivity (Wildman–Crippen MR) is 117 cm³/mol. The van der Waals surface area contributed by atoms with Crippen LogP contribution in [0.4, 0.5) is 0 Å². The van der Waals surface area contributed by atoms with Crippen LogP contribution < -0.4 is 0 Å². The van der Waals surface area contributed by atoms with E-state index >= 15 is 0 Å². The number of benzene rings is 2. The van der Waals surface area contributed by atoms with Crippen LogP contribution in [-0.4, -0.2) is 23.3 Å². The summed E-state index contributed by atoms with van der Waals surface area (Å²) in [5, 5.41) is 2.51. The lowest BCUT2D eigenvalue weighted by Gasteiger charge is -2.05. The number of aromatic nitrogens is 2. The summed E-state index contributed by atoms with van der Waals surface area (Å²) >= 11 is 7.09. The largest absolute Gasteiger partial charge is 0.383 e. The van der Waals surface area contributed by atoms with Gasteiger partial charge in [0.15, 0.2) is 0 Å². The minimum atomic E-state index is 0.745. The molecule has 0 atom stereocenters. The van der Waals surface area contributed by atoms with Gasteiger partial charge in [0.1, 0.15) is 0 Å². The molecule has 4 rings (SSSR count). The Bertz CT molecular complexity index is 1030. The molecule has 2 aromatic carbocycles. The van der Waals surface area contributed by atoms with E-state index in [4.69, 9.17) is 4.74 Å². The molecule has 0 bridgehead atoms. The maximum Gasteiger partial charge on any atom is 0.0641 e. The smallest absolute Gasteiger partial charge is 0.0641 e. The predicted octanol–water partition coefficient (Wildman–Crippen LogP) is 6.60. The third-order valence-electron chi connectivity index (χ3n) is 4.28. The van der Waals surface area contributed by atoms with Gasteiger partial charge in [-0.1, -0.05) is 31.9 Å². The zero-order valence-electron chi connectivity index (χ0n) is 15.1. The van der Waals surface area contributed by atoms with Gasteiger partial charge in [0, 0.05) is 56.8 Å². The molecular formula is C21H22Br2N2O. The minimum Gasteiger partial charge on any atom is -0.383 e. The number of hydrogen-bond donors (Lipinski definition) is 1. The van der Waals surface area contributed by atoms with E-state index in [9.17, 15) is 0 Å². The summed E-state index contributed by atoms with van der Waals surface area (Å²) in [6.45, 7) is 5.84. The quantitative estimate of drug-likeness (QED) is 0.354. The number of rotatable bonds is 3. The number of ether oxygens (including phenoxy) is 1. The molecule has 0 unspecified atom stereocenters. The summed E-state index contributed by atoms with van der Waals surface area (Å²) in [6, 6.07) is 12.8. The van der Waals surface area contributed by atoms with Gasteiger partial charge in [0.05, 0.1) is 6.61 Å². The molecule has 4 aromatic rings. The van der Waals surface area contributed by atoms with E-state index < -0.39 is 0 Å². The molecule has 0 radical (unpaired) electrons. The fourth-order valence-corrected chi connectivity index (χ4v) is 4.43. The second kappa shape index (κ2) is 8.42. The highest BCUT2D eigenvalue weighted by atomic mass is 79.9. The van der Waals surface area contributed by atoms with Crippen LogP contribution in [0, 0.1) is 13.8 Å². The SMILES string of the molecule is COCCn1ccc2c(Br)cc(C)cc21.Cc1cc(Br)c2cc[nH]c2c1. The molecule has 136 valence electrons. The van der Waals surface area contributed by atoms with Gasteiger partial charge in [-0.3, -0.25) is 0 Å². The highest BCUT2D eigenvalue weighted by Gasteiger charge is 2.04. The lowest BCUT2D eigenvalue weighted by atomic mass is 10.2. The number of nitrogens with zero attached hydrogens (tertiary/aromatic N) is 1. The fraction of sp³-hybridized carbons (Fsp3) is 0.238. The molecule has 2 aromatic heterocycles. The van der Waals surface area contributed by atoms with Gasteiger partial charge in [-0.05, 0) is 61.4 Å². The Labute approximate surface area is 170 Å². The molecule has 26 heavy (non-hydrogen) atoms. The molecule has 1 N–H and O–H groups in total. The third kappa shape index (κ3) is 4.22. The Morgan fingerprint density at radius 2 is 1.65 bits per heavy atom. The van der Waals surface area contributed by atoms with E-state index in [-0.39, 0.29) is 0 Å². The number of H-pyrrole nitrogens is 1. The summed E-state index contributed by atoms with van der Waals surface area (Å²) < 4.78 is 9.63. The zero-order valence-corrected chi connectivity index (χ0v) is 18.3. The fourth-order valence-electron chi connectivity index (χ4n) is 3.02. The van der Waals surface area contributed by atoms with Gasteiger partial charge >= 0.3 is 0 Å². The van der Waals surface area contributed by atoms with E-state index in [1.807, 2.05) is 6.20 Å². The maximum absolute atomic E-state index is 5.09. The molecule has 0 spiro atoms. The van der Waals surface area contributed by atoms with Gasteiger partial charge in [0.2, 0.25) is 0 Å². The highest BCUT2D eigenvalue weighted by molar-refractivity contribution is 9.11. The van der Waals surface area contributed by atoms with Gasteiger partial charge in [-0.2, -0.15) is 0 Å². The lowest BCUT2D eigenvalue weighted by Crippen LogP contribution is -2.02. The number of aryl methyl sites for hydroxylation is 2. The summed E-state index contributed by atoms with van der Waals surface area (Å²) in [6.07, 6.45) is 4.06. The van der Waals surface area contributed by atoms with Crippen LogP contribution >= 0.6 is 31.9 Å². The molecule has 2 heterocycles. The van der Waals surface area contributed by atoms with Crippen molar-refractivity contribution in [2.75, 3.05) is 13.7 Å². The topological polar surface area (TPSA) is 29.9 Å². The van der Waals surface area contributed by atoms with Crippen LogP contribution in [0.5, 0.6) is 0 Å². The lowest BCUT2D eigenvalue weighted by molar-refractivity contribution is 0.188. The molecular weight excluding hydrogens is 456 g/mol. The van der Waals surface area contributed by atoms with Crippen LogP contribution in [0.1, 0.15) is 11.1 Å². The number of hydrogen-bond acceptors (Lipinski definition) is 1. The van der Waals surface area contributed by atoms with E-state index in [2.05, 4.69) is 97.9 Å². The zero-order chi connectivity index (χ0) is 18.7. The second-order valence-electron chi connectivity index (χ2n) is 6.37. The van der Waals surface area contributed by atoms with Crippen molar-refractivity contribution in [1.82, 2.24) is 9.55 Å². The Morgan fingerprint density at radius 1 is 0.962 bits per heavy atom. The van der Waals surface area contributed by atoms with Crippen LogP contribution in [0.25, 0.3) is 21.8 Å². The van der Waals surface area contributed by atoms with Crippen molar-refractivity contribution in [2.45, 2.75) is 20.4 Å². The monoisotopic (exact) mass is 476 g/mol. The Kier molecular flexibility index (Phi) is 6.22. The van der Waals surface area contributed by atoms with E-state index in [1.165, 1.54) is 32.9 Å². The molecule has 0 aliphatic carbocycles. The Hall–Kier alpha value is -1.56. The average Bonchev–Trinajstić information content (AvgIpc) is 3.20. The Balaban J connectivity index is 0.000000158. The standard InChI is InChI=1S/C12H14BrNO.C9H8BrN/c1-9-7-11(13)10-3-4-14(5-6-15-2)12(10)8-9;1-6-4-8(10)7-2-3-11-9(7)5-6/h3-4,7-8H,5-6H2,1-2H3;2-5,11H,1H3. The minimum absolute atomic E-state index is 0.745.